The van der Waals surface area contributed by atoms with Gasteiger partial charge in [0.15, 0.2) is 0 Å². The molecule has 1 aliphatic carbocycles. The quantitative estimate of drug-likeness (QED) is 0.592. The Labute approximate surface area is 122 Å². The van der Waals surface area contributed by atoms with Gasteiger partial charge in [-0.3, -0.25) is 4.79 Å². The van der Waals surface area contributed by atoms with Crippen LogP contribution in [0.1, 0.15) is 29.6 Å². The van der Waals surface area contributed by atoms with Gasteiger partial charge in [0.25, 0.3) is 0 Å². The minimum absolute atomic E-state index is 0.00265. The summed E-state index contributed by atoms with van der Waals surface area (Å²) in [6.45, 7) is 0. The van der Waals surface area contributed by atoms with E-state index in [2.05, 4.69) is 4.98 Å². The fourth-order valence-corrected chi connectivity index (χ4v) is 3.20. The second-order valence-electron chi connectivity index (χ2n) is 4.89. The van der Waals surface area contributed by atoms with Crippen LogP contribution in [0.15, 0.2) is 23.4 Å². The van der Waals surface area contributed by atoms with Crippen molar-refractivity contribution in [1.29, 1.82) is 0 Å². The van der Waals surface area contributed by atoms with Crippen LogP contribution in [0.3, 0.4) is 0 Å². The predicted molar refractivity (Wildman–Crippen MR) is 74.6 cm³/mol. The Kier molecular flexibility index (Phi) is 4.65. The first-order valence-electron chi connectivity index (χ1n) is 6.33. The molecule has 0 spiro atoms. The molecule has 1 aliphatic rings. The van der Waals surface area contributed by atoms with Gasteiger partial charge >= 0.3 is 11.9 Å². The van der Waals surface area contributed by atoms with E-state index in [-0.39, 0.29) is 11.4 Å². The van der Waals surface area contributed by atoms with Gasteiger partial charge in [-0.05, 0) is 30.4 Å². The highest BCUT2D eigenvalue weighted by atomic mass is 32.2. The van der Waals surface area contributed by atoms with Gasteiger partial charge in [0.2, 0.25) is 0 Å². The van der Waals surface area contributed by atoms with Crippen molar-refractivity contribution < 1.29 is 19.1 Å². The highest BCUT2D eigenvalue weighted by Crippen LogP contribution is 2.52. The number of pyridine rings is 1. The van der Waals surface area contributed by atoms with E-state index in [0.29, 0.717) is 17.0 Å². The Hall–Kier alpha value is -1.56. The second-order valence-corrected chi connectivity index (χ2v) is 5.85. The fourth-order valence-electron chi connectivity index (χ4n) is 1.92. The number of methoxy groups -OCH3 is 2. The number of aromatic nitrogens is 1. The molecule has 0 aliphatic heterocycles. The van der Waals surface area contributed by atoms with E-state index >= 15 is 0 Å². The van der Waals surface area contributed by atoms with Crippen LogP contribution in [0.2, 0.25) is 0 Å². The predicted octanol–water partition coefficient (Wildman–Crippen LogP) is 2.30. The number of hydrogen-bond acceptors (Lipinski definition) is 6. The SMILES string of the molecule is COC(=O)CC1(CSc2ncccc2C(=O)OC)CC1. The number of carbonyl (C=O) groups excluding carboxylic acids is 2. The topological polar surface area (TPSA) is 65.5 Å². The summed E-state index contributed by atoms with van der Waals surface area (Å²) in [7, 11) is 2.75. The molecule has 1 heterocycles. The third-order valence-corrected chi connectivity index (χ3v) is 4.75. The monoisotopic (exact) mass is 295 g/mol. The molecule has 2 rings (SSSR count). The Bertz CT molecular complexity index is 514. The molecule has 0 bridgehead atoms. The van der Waals surface area contributed by atoms with Gasteiger partial charge in [0, 0.05) is 11.9 Å². The van der Waals surface area contributed by atoms with Gasteiger partial charge in [-0.1, -0.05) is 0 Å². The average molecular weight is 295 g/mol. The smallest absolute Gasteiger partial charge is 0.340 e. The van der Waals surface area contributed by atoms with Crippen molar-refractivity contribution in [2.75, 3.05) is 20.0 Å². The van der Waals surface area contributed by atoms with Crippen LogP contribution in [-0.2, 0) is 14.3 Å². The van der Waals surface area contributed by atoms with Crippen LogP contribution in [0.5, 0.6) is 0 Å². The molecule has 1 aromatic heterocycles. The molecule has 6 heteroatoms. The Morgan fingerprint density at radius 1 is 1.35 bits per heavy atom. The lowest BCUT2D eigenvalue weighted by molar-refractivity contribution is -0.141. The highest BCUT2D eigenvalue weighted by Gasteiger charge is 2.44. The first-order chi connectivity index (χ1) is 9.60. The summed E-state index contributed by atoms with van der Waals surface area (Å²) < 4.78 is 9.46. The summed E-state index contributed by atoms with van der Waals surface area (Å²) in [5.41, 5.74) is 0.469. The number of thioether (sulfide) groups is 1. The maximum atomic E-state index is 11.6. The molecule has 5 nitrogen and oxygen atoms in total. The molecule has 0 atom stereocenters. The minimum Gasteiger partial charge on any atom is -0.469 e. The second kappa shape index (κ2) is 6.26. The number of carbonyl (C=O) groups is 2. The van der Waals surface area contributed by atoms with E-state index in [9.17, 15) is 9.59 Å². The lowest BCUT2D eigenvalue weighted by Crippen LogP contribution is -2.13. The van der Waals surface area contributed by atoms with Gasteiger partial charge in [-0.15, -0.1) is 11.8 Å². The molecule has 1 saturated carbocycles. The molecular formula is C14H17NO4S. The third kappa shape index (κ3) is 3.50. The van der Waals surface area contributed by atoms with Crippen LogP contribution >= 0.6 is 11.8 Å². The summed E-state index contributed by atoms with van der Waals surface area (Å²) in [5, 5.41) is 0.649. The van der Waals surface area contributed by atoms with Gasteiger partial charge in [-0.25, -0.2) is 9.78 Å². The van der Waals surface area contributed by atoms with Gasteiger partial charge in [-0.2, -0.15) is 0 Å². The van der Waals surface area contributed by atoms with E-state index in [4.69, 9.17) is 9.47 Å². The molecule has 1 aromatic rings. The molecule has 0 amide bonds. The fraction of sp³-hybridized carbons (Fsp3) is 0.500. The maximum Gasteiger partial charge on any atom is 0.340 e. The minimum atomic E-state index is -0.390. The van der Waals surface area contributed by atoms with Crippen LogP contribution in [0.25, 0.3) is 0 Å². The molecule has 0 aromatic carbocycles. The largest absolute Gasteiger partial charge is 0.469 e. The summed E-state index contributed by atoms with van der Waals surface area (Å²) in [4.78, 5) is 27.3. The molecule has 108 valence electrons. The molecule has 0 unspecified atom stereocenters. The summed E-state index contributed by atoms with van der Waals surface area (Å²) >= 11 is 1.49. The van der Waals surface area contributed by atoms with Crippen molar-refractivity contribution in [3.63, 3.8) is 0 Å². The van der Waals surface area contributed by atoms with Crippen molar-refractivity contribution in [2.24, 2.45) is 5.41 Å². The number of esters is 2. The van der Waals surface area contributed by atoms with E-state index < -0.39 is 5.97 Å². The van der Waals surface area contributed by atoms with Gasteiger partial charge < -0.3 is 9.47 Å². The number of ether oxygens (including phenoxy) is 2. The first-order valence-corrected chi connectivity index (χ1v) is 7.32. The van der Waals surface area contributed by atoms with E-state index in [1.54, 1.807) is 18.3 Å². The zero-order valence-corrected chi connectivity index (χ0v) is 12.4. The van der Waals surface area contributed by atoms with Crippen molar-refractivity contribution >= 4 is 23.7 Å². The zero-order chi connectivity index (χ0) is 14.6. The number of nitrogens with zero attached hydrogens (tertiary/aromatic N) is 1. The standard InChI is InChI=1S/C14H17NO4S/c1-18-11(16)8-14(5-6-14)9-20-12-10(13(17)19-2)4-3-7-15-12/h3-4,7H,5-6,8-9H2,1-2H3. The Morgan fingerprint density at radius 2 is 2.10 bits per heavy atom. The molecular weight excluding hydrogens is 278 g/mol. The number of rotatable bonds is 6. The molecule has 1 fully saturated rings. The van der Waals surface area contributed by atoms with E-state index in [0.717, 1.165) is 18.6 Å². The maximum absolute atomic E-state index is 11.6. The average Bonchev–Trinajstić information content (AvgIpc) is 3.24. The van der Waals surface area contributed by atoms with E-state index in [1.165, 1.54) is 26.0 Å². The summed E-state index contributed by atoms with van der Waals surface area (Å²) in [6.07, 6.45) is 4.09. The molecule has 0 saturated heterocycles. The van der Waals surface area contributed by atoms with Crippen LogP contribution < -0.4 is 0 Å². The van der Waals surface area contributed by atoms with Crippen molar-refractivity contribution in [3.8, 4) is 0 Å². The van der Waals surface area contributed by atoms with Crippen LogP contribution in [0, 0.1) is 5.41 Å². The zero-order valence-electron chi connectivity index (χ0n) is 11.5. The van der Waals surface area contributed by atoms with E-state index in [1.807, 2.05) is 0 Å². The normalized spacial score (nSPS) is 15.5. The lowest BCUT2D eigenvalue weighted by atomic mass is 10.1. The Balaban J connectivity index is 2.01. The van der Waals surface area contributed by atoms with Crippen molar-refractivity contribution in [2.45, 2.75) is 24.3 Å². The highest BCUT2D eigenvalue weighted by molar-refractivity contribution is 7.99. The molecule has 20 heavy (non-hydrogen) atoms. The summed E-state index contributed by atoms with van der Waals surface area (Å²) in [6, 6.07) is 3.40. The van der Waals surface area contributed by atoms with Crippen LogP contribution in [0.4, 0.5) is 0 Å². The van der Waals surface area contributed by atoms with Gasteiger partial charge in [0.05, 0.1) is 26.2 Å². The first kappa shape index (κ1) is 14.8. The number of hydrogen-bond donors (Lipinski definition) is 0. The lowest BCUT2D eigenvalue weighted by Gasteiger charge is -2.13. The van der Waals surface area contributed by atoms with Crippen LogP contribution in [-0.4, -0.2) is 36.9 Å². The third-order valence-electron chi connectivity index (χ3n) is 3.40. The van der Waals surface area contributed by atoms with Gasteiger partial charge in [0.1, 0.15) is 5.03 Å². The van der Waals surface area contributed by atoms with Crippen molar-refractivity contribution in [3.05, 3.63) is 23.9 Å². The van der Waals surface area contributed by atoms with Crippen molar-refractivity contribution in [1.82, 2.24) is 4.98 Å². The Morgan fingerprint density at radius 3 is 2.70 bits per heavy atom. The summed E-state index contributed by atoms with van der Waals surface area (Å²) in [5.74, 6) is 0.180. The molecule has 0 radical (unpaired) electrons. The molecule has 0 N–H and O–H groups in total.